The van der Waals surface area contributed by atoms with Crippen LogP contribution in [0.25, 0.3) is 0 Å². The molecule has 19 heavy (non-hydrogen) atoms. The van der Waals surface area contributed by atoms with Crippen molar-refractivity contribution in [2.45, 2.75) is 33.6 Å². The van der Waals surface area contributed by atoms with Crippen LogP contribution in [0, 0.1) is 17.3 Å². The number of hydrogen-bond donors (Lipinski definition) is 2. The van der Waals surface area contributed by atoms with Crippen LogP contribution in [0.4, 0.5) is 5.13 Å². The Balaban J connectivity index is 2.00. The molecule has 0 unspecified atom stereocenters. The van der Waals surface area contributed by atoms with Crippen LogP contribution in [0.3, 0.4) is 0 Å². The summed E-state index contributed by atoms with van der Waals surface area (Å²) >= 11 is 1.45. The highest BCUT2D eigenvalue weighted by atomic mass is 32.1. The minimum Gasteiger partial charge on any atom is -0.481 e. The molecule has 0 saturated heterocycles. The summed E-state index contributed by atoms with van der Waals surface area (Å²) in [7, 11) is 0. The number of carboxylic acids is 1. The maximum Gasteiger partial charge on any atom is 0.307 e. The number of carbonyl (C=O) groups is 2. The van der Waals surface area contributed by atoms with Crippen molar-refractivity contribution in [2.24, 2.45) is 17.3 Å². The first-order valence-corrected chi connectivity index (χ1v) is 7.18. The fraction of sp³-hybridized carbons (Fsp3) is 0.615. The standard InChI is InChI=1S/C13H18N2O3S/c1-4-5-7-6-14-12(19-7)15-10(16)8-9(11(17)18)13(8,2)3/h6,8-9H,4-5H2,1-3H3,(H,17,18)(H,14,15,16)/t8-,9+/m0/s1. The number of hydrogen-bond acceptors (Lipinski definition) is 4. The molecule has 6 heteroatoms. The molecule has 1 saturated carbocycles. The van der Waals surface area contributed by atoms with Gasteiger partial charge in [0.15, 0.2) is 5.13 Å². The zero-order valence-electron chi connectivity index (χ0n) is 11.3. The van der Waals surface area contributed by atoms with Gasteiger partial charge in [0.2, 0.25) is 5.91 Å². The van der Waals surface area contributed by atoms with Crippen LogP contribution in [-0.2, 0) is 16.0 Å². The Morgan fingerprint density at radius 1 is 1.47 bits per heavy atom. The normalized spacial score (nSPS) is 23.9. The summed E-state index contributed by atoms with van der Waals surface area (Å²) in [5.74, 6) is -2.21. The van der Waals surface area contributed by atoms with E-state index in [4.69, 9.17) is 5.11 Å². The Kier molecular flexibility index (Phi) is 3.62. The van der Waals surface area contributed by atoms with Crippen molar-refractivity contribution >= 4 is 28.3 Å². The largest absolute Gasteiger partial charge is 0.481 e. The molecule has 1 aliphatic rings. The maximum absolute atomic E-state index is 12.1. The van der Waals surface area contributed by atoms with Gasteiger partial charge >= 0.3 is 5.97 Å². The summed E-state index contributed by atoms with van der Waals surface area (Å²) < 4.78 is 0. The highest BCUT2D eigenvalue weighted by Crippen LogP contribution is 2.58. The molecule has 0 radical (unpaired) electrons. The third kappa shape index (κ3) is 2.63. The van der Waals surface area contributed by atoms with E-state index >= 15 is 0 Å². The number of carbonyl (C=O) groups excluding carboxylic acids is 1. The first kappa shape index (κ1) is 14.0. The van der Waals surface area contributed by atoms with Crippen molar-refractivity contribution in [2.75, 3.05) is 5.32 Å². The summed E-state index contributed by atoms with van der Waals surface area (Å²) in [4.78, 5) is 28.4. The predicted molar refractivity (Wildman–Crippen MR) is 73.1 cm³/mol. The lowest BCUT2D eigenvalue weighted by Crippen LogP contribution is -2.17. The summed E-state index contributed by atoms with van der Waals surface area (Å²) in [6, 6.07) is 0. The number of nitrogens with zero attached hydrogens (tertiary/aromatic N) is 1. The van der Waals surface area contributed by atoms with Gasteiger partial charge in [-0.3, -0.25) is 9.59 Å². The van der Waals surface area contributed by atoms with Gasteiger partial charge in [-0.2, -0.15) is 0 Å². The first-order valence-electron chi connectivity index (χ1n) is 6.36. The van der Waals surface area contributed by atoms with Gasteiger partial charge in [-0.05, 0) is 11.8 Å². The van der Waals surface area contributed by atoms with Crippen LogP contribution >= 0.6 is 11.3 Å². The van der Waals surface area contributed by atoms with Crippen LogP contribution in [0.2, 0.25) is 0 Å². The van der Waals surface area contributed by atoms with Crippen molar-refractivity contribution in [3.8, 4) is 0 Å². The van der Waals surface area contributed by atoms with E-state index in [1.807, 2.05) is 0 Å². The Hall–Kier alpha value is -1.43. The SMILES string of the molecule is CCCc1cnc(NC(=O)[C@@H]2[C@H](C(=O)O)C2(C)C)s1. The van der Waals surface area contributed by atoms with Gasteiger partial charge in [-0.15, -0.1) is 11.3 Å². The molecule has 104 valence electrons. The van der Waals surface area contributed by atoms with Gasteiger partial charge < -0.3 is 10.4 Å². The number of aliphatic carboxylic acids is 1. The molecular weight excluding hydrogens is 264 g/mol. The number of amides is 1. The average Bonchev–Trinajstić information content (AvgIpc) is 2.65. The Bertz CT molecular complexity index is 510. The zero-order chi connectivity index (χ0) is 14.2. The van der Waals surface area contributed by atoms with Crippen LogP contribution in [0.1, 0.15) is 32.1 Å². The van der Waals surface area contributed by atoms with Crippen molar-refractivity contribution in [3.05, 3.63) is 11.1 Å². The van der Waals surface area contributed by atoms with Gasteiger partial charge in [0.1, 0.15) is 0 Å². The lowest BCUT2D eigenvalue weighted by Gasteiger charge is -2.02. The number of nitrogens with one attached hydrogen (secondary N) is 1. The maximum atomic E-state index is 12.1. The molecule has 1 amide bonds. The van der Waals surface area contributed by atoms with E-state index in [0.29, 0.717) is 5.13 Å². The third-order valence-electron chi connectivity index (χ3n) is 3.66. The van der Waals surface area contributed by atoms with Crippen molar-refractivity contribution in [1.29, 1.82) is 0 Å². The quantitative estimate of drug-likeness (QED) is 0.869. The molecule has 2 N–H and O–H groups in total. The molecular formula is C13H18N2O3S. The van der Waals surface area contributed by atoms with E-state index < -0.39 is 23.2 Å². The molecule has 1 aliphatic carbocycles. The van der Waals surface area contributed by atoms with Crippen LogP contribution in [-0.4, -0.2) is 22.0 Å². The van der Waals surface area contributed by atoms with E-state index in [9.17, 15) is 9.59 Å². The van der Waals surface area contributed by atoms with Crippen molar-refractivity contribution < 1.29 is 14.7 Å². The molecule has 0 aliphatic heterocycles. The van der Waals surface area contributed by atoms with Gasteiger partial charge in [0.05, 0.1) is 11.8 Å². The van der Waals surface area contributed by atoms with E-state index in [-0.39, 0.29) is 5.91 Å². The molecule has 2 atom stereocenters. The number of aryl methyl sites for hydroxylation is 1. The fourth-order valence-electron chi connectivity index (χ4n) is 2.50. The molecule has 1 aromatic heterocycles. The topological polar surface area (TPSA) is 79.3 Å². The second-order valence-corrected chi connectivity index (χ2v) is 6.60. The van der Waals surface area contributed by atoms with Gasteiger partial charge in [-0.1, -0.05) is 27.2 Å². The lowest BCUT2D eigenvalue weighted by molar-refractivity contribution is -0.140. The second-order valence-electron chi connectivity index (χ2n) is 5.49. The smallest absolute Gasteiger partial charge is 0.307 e. The molecule has 0 spiro atoms. The van der Waals surface area contributed by atoms with E-state index in [1.54, 1.807) is 20.0 Å². The van der Waals surface area contributed by atoms with Gasteiger partial charge in [-0.25, -0.2) is 4.98 Å². The van der Waals surface area contributed by atoms with Gasteiger partial charge in [0, 0.05) is 11.1 Å². The molecule has 1 fully saturated rings. The summed E-state index contributed by atoms with van der Waals surface area (Å²) in [5, 5.41) is 12.3. The highest BCUT2D eigenvalue weighted by Gasteiger charge is 2.65. The Labute approximate surface area is 116 Å². The van der Waals surface area contributed by atoms with Crippen molar-refractivity contribution in [3.63, 3.8) is 0 Å². The Morgan fingerprint density at radius 3 is 2.68 bits per heavy atom. The number of rotatable bonds is 5. The molecule has 1 aromatic rings. The van der Waals surface area contributed by atoms with Crippen LogP contribution in [0.5, 0.6) is 0 Å². The predicted octanol–water partition coefficient (Wildman–Crippen LogP) is 2.39. The van der Waals surface area contributed by atoms with Gasteiger partial charge in [0.25, 0.3) is 0 Å². The lowest BCUT2D eigenvalue weighted by atomic mass is 10.1. The minimum atomic E-state index is -0.907. The van der Waals surface area contributed by atoms with Crippen LogP contribution < -0.4 is 5.32 Å². The van der Waals surface area contributed by atoms with Crippen molar-refractivity contribution in [1.82, 2.24) is 4.98 Å². The third-order valence-corrected chi connectivity index (χ3v) is 4.63. The van der Waals surface area contributed by atoms with Crippen LogP contribution in [0.15, 0.2) is 6.20 Å². The average molecular weight is 282 g/mol. The monoisotopic (exact) mass is 282 g/mol. The fourth-order valence-corrected chi connectivity index (χ4v) is 3.42. The zero-order valence-corrected chi connectivity index (χ0v) is 12.1. The molecule has 1 heterocycles. The number of thiazole rings is 1. The second kappa shape index (κ2) is 4.92. The number of anilines is 1. The number of carboxylic acid groups (broad SMARTS) is 1. The summed E-state index contributed by atoms with van der Waals surface area (Å²) in [6.07, 6.45) is 3.74. The summed E-state index contributed by atoms with van der Waals surface area (Å²) in [5.41, 5.74) is -0.473. The first-order chi connectivity index (χ1) is 8.87. The molecule has 5 nitrogen and oxygen atoms in total. The Morgan fingerprint density at radius 2 is 2.16 bits per heavy atom. The summed E-state index contributed by atoms with van der Waals surface area (Å²) in [6.45, 7) is 5.70. The molecule has 0 bridgehead atoms. The highest BCUT2D eigenvalue weighted by molar-refractivity contribution is 7.15. The number of aromatic nitrogens is 1. The van der Waals surface area contributed by atoms with E-state index in [1.165, 1.54) is 11.3 Å². The molecule has 0 aromatic carbocycles. The molecule has 2 rings (SSSR count). The van der Waals surface area contributed by atoms with E-state index in [2.05, 4.69) is 17.2 Å². The minimum absolute atomic E-state index is 0.241. The van der Waals surface area contributed by atoms with E-state index in [0.717, 1.165) is 17.7 Å².